The largest absolute Gasteiger partial charge is 0.405 e. The van der Waals surface area contributed by atoms with Crippen molar-refractivity contribution >= 4 is 46.5 Å². The van der Waals surface area contributed by atoms with Crippen LogP contribution >= 0.6 is 34.8 Å². The summed E-state index contributed by atoms with van der Waals surface area (Å²) in [6, 6.07) is 5.14. The zero-order chi connectivity index (χ0) is 24.0. The Morgan fingerprint density at radius 1 is 1.03 bits per heavy atom. The maximum Gasteiger partial charge on any atom is 0.405 e. The van der Waals surface area contributed by atoms with Gasteiger partial charge in [0.1, 0.15) is 16.7 Å². The highest BCUT2D eigenvalue weighted by Crippen LogP contribution is 2.65. The molecule has 172 valence electrons. The Hall–Kier alpha value is -1.97. The van der Waals surface area contributed by atoms with Gasteiger partial charge in [-0.2, -0.15) is 13.2 Å². The zero-order valence-corrected chi connectivity index (χ0v) is 17.9. The van der Waals surface area contributed by atoms with E-state index in [0.717, 1.165) is 6.07 Å². The number of Topliss-reactive ketones (excluding diaryl/α,β-unsaturated/α-hetero) is 1. The molecule has 0 bridgehead atoms. The van der Waals surface area contributed by atoms with Crippen molar-refractivity contribution in [2.75, 3.05) is 6.54 Å². The molecule has 1 N–H and O–H groups in total. The maximum absolute atomic E-state index is 13.5. The Morgan fingerprint density at radius 3 is 2.19 bits per heavy atom. The molecule has 3 nitrogen and oxygen atoms in total. The van der Waals surface area contributed by atoms with Gasteiger partial charge in [0.05, 0.1) is 16.5 Å². The summed E-state index contributed by atoms with van der Waals surface area (Å²) in [5.74, 6) is -8.35. The number of amides is 1. The minimum Gasteiger partial charge on any atom is -0.343 e. The Labute approximate surface area is 192 Å². The topological polar surface area (TPSA) is 46.2 Å². The van der Waals surface area contributed by atoms with Gasteiger partial charge in [-0.1, -0.05) is 17.7 Å². The minimum atomic E-state index is -4.62. The van der Waals surface area contributed by atoms with Crippen molar-refractivity contribution in [3.8, 4) is 0 Å². The first-order chi connectivity index (χ1) is 14.7. The summed E-state index contributed by atoms with van der Waals surface area (Å²) in [4.78, 5) is 24.7. The second kappa shape index (κ2) is 8.76. The van der Waals surface area contributed by atoms with Crippen LogP contribution < -0.4 is 5.32 Å². The number of benzene rings is 2. The molecule has 2 aromatic carbocycles. The molecule has 0 aromatic heterocycles. The molecule has 0 aliphatic heterocycles. The van der Waals surface area contributed by atoms with Gasteiger partial charge in [-0.15, -0.1) is 23.2 Å². The summed E-state index contributed by atoms with van der Waals surface area (Å²) in [5.41, 5.74) is -0.157. The fourth-order valence-electron chi connectivity index (χ4n) is 3.34. The summed E-state index contributed by atoms with van der Waals surface area (Å²) in [5, 5.41) is 1.54. The fourth-order valence-corrected chi connectivity index (χ4v) is 4.42. The van der Waals surface area contributed by atoms with Gasteiger partial charge in [-0.3, -0.25) is 9.59 Å². The summed E-state index contributed by atoms with van der Waals surface area (Å²) in [6.45, 7) is -1.57. The van der Waals surface area contributed by atoms with Crippen LogP contribution in [0.1, 0.15) is 27.4 Å². The molecule has 1 aliphatic carbocycles. The van der Waals surface area contributed by atoms with Crippen molar-refractivity contribution < 1.29 is 35.9 Å². The summed E-state index contributed by atoms with van der Waals surface area (Å²) in [6.07, 6.45) is -4.97. The molecule has 3 rings (SSSR count). The average molecular weight is 519 g/mol. The maximum atomic E-state index is 13.5. The molecule has 2 atom stereocenters. The standard InChI is InChI=1S/C20H12Cl3F6NO2/c21-11-2-1-8(3-10(11)18(32)30-7-19(27,28)29)4-14(31)16-15(20(16,22)23)9-5-12(24)17(26)13(25)6-9/h1-3,5-6,15-16H,4,7H2,(H,30,32). The third-order valence-electron chi connectivity index (χ3n) is 4.87. The first kappa shape index (κ1) is 24.7. The third kappa shape index (κ3) is 5.15. The summed E-state index contributed by atoms with van der Waals surface area (Å²) < 4.78 is 75.5. The number of hydrogen-bond donors (Lipinski definition) is 1. The number of carbonyl (C=O) groups excluding carboxylic acids is 2. The monoisotopic (exact) mass is 517 g/mol. The lowest BCUT2D eigenvalue weighted by Gasteiger charge is -2.10. The molecule has 1 saturated carbocycles. The van der Waals surface area contributed by atoms with E-state index in [0.29, 0.717) is 12.1 Å². The van der Waals surface area contributed by atoms with Gasteiger partial charge in [0.2, 0.25) is 0 Å². The SMILES string of the molecule is O=C(NCC(F)(F)F)c1cc(CC(=O)C2C(c3cc(F)c(F)c(F)c3)C2(Cl)Cl)ccc1Cl. The van der Waals surface area contributed by atoms with Crippen LogP contribution in [0.4, 0.5) is 26.3 Å². The Kier molecular flexibility index (Phi) is 6.75. The lowest BCUT2D eigenvalue weighted by atomic mass is 10.0. The molecular weight excluding hydrogens is 507 g/mol. The quantitative estimate of drug-likeness (QED) is 0.301. The van der Waals surface area contributed by atoms with Gasteiger partial charge in [-0.05, 0) is 35.4 Å². The Bertz CT molecular complexity index is 1070. The zero-order valence-electron chi connectivity index (χ0n) is 15.7. The van der Waals surface area contributed by atoms with Gasteiger partial charge in [0.15, 0.2) is 17.5 Å². The Balaban J connectivity index is 1.77. The molecule has 0 heterocycles. The van der Waals surface area contributed by atoms with E-state index in [9.17, 15) is 35.9 Å². The first-order valence-electron chi connectivity index (χ1n) is 8.90. The van der Waals surface area contributed by atoms with E-state index < -0.39 is 58.0 Å². The number of rotatable bonds is 6. The molecule has 32 heavy (non-hydrogen) atoms. The molecule has 12 heteroatoms. The van der Waals surface area contributed by atoms with Crippen LogP contribution in [0, 0.1) is 23.4 Å². The van der Waals surface area contributed by atoms with Gasteiger partial charge in [-0.25, -0.2) is 13.2 Å². The van der Waals surface area contributed by atoms with Crippen LogP contribution in [0.3, 0.4) is 0 Å². The average Bonchev–Trinajstić information content (AvgIpc) is 3.27. The Morgan fingerprint density at radius 2 is 1.62 bits per heavy atom. The number of hydrogen-bond acceptors (Lipinski definition) is 2. The lowest BCUT2D eigenvalue weighted by molar-refractivity contribution is -0.123. The first-order valence-corrected chi connectivity index (χ1v) is 10.0. The van der Waals surface area contributed by atoms with Crippen molar-refractivity contribution in [3.63, 3.8) is 0 Å². The molecule has 2 unspecified atom stereocenters. The second-order valence-electron chi connectivity index (χ2n) is 7.18. The van der Waals surface area contributed by atoms with Crippen molar-refractivity contribution in [2.45, 2.75) is 22.8 Å². The number of nitrogens with one attached hydrogen (secondary N) is 1. The fraction of sp³-hybridized carbons (Fsp3) is 0.300. The van der Waals surface area contributed by atoms with Gasteiger partial charge >= 0.3 is 6.18 Å². The highest BCUT2D eigenvalue weighted by atomic mass is 35.5. The van der Waals surface area contributed by atoms with Crippen molar-refractivity contribution in [2.24, 2.45) is 5.92 Å². The molecule has 1 amide bonds. The predicted octanol–water partition coefficient (Wildman–Crippen LogP) is 5.75. The summed E-state index contributed by atoms with van der Waals surface area (Å²) >= 11 is 18.1. The number of carbonyl (C=O) groups is 2. The van der Waals surface area contributed by atoms with Gasteiger partial charge < -0.3 is 5.32 Å². The highest BCUT2D eigenvalue weighted by Gasteiger charge is 2.67. The number of halogens is 9. The van der Waals surface area contributed by atoms with E-state index in [2.05, 4.69) is 0 Å². The van der Waals surface area contributed by atoms with Crippen molar-refractivity contribution in [1.82, 2.24) is 5.32 Å². The number of ketones is 1. The molecule has 1 fully saturated rings. The van der Waals surface area contributed by atoms with E-state index >= 15 is 0 Å². The summed E-state index contributed by atoms with van der Waals surface area (Å²) in [7, 11) is 0. The molecule has 1 aliphatic rings. The highest BCUT2D eigenvalue weighted by molar-refractivity contribution is 6.53. The van der Waals surface area contributed by atoms with E-state index in [-0.39, 0.29) is 28.1 Å². The van der Waals surface area contributed by atoms with E-state index in [1.165, 1.54) is 12.1 Å². The normalized spacial score (nSPS) is 19.5. The molecule has 0 spiro atoms. The van der Waals surface area contributed by atoms with E-state index in [1.807, 2.05) is 0 Å². The molecular formula is C20H12Cl3F6NO2. The van der Waals surface area contributed by atoms with Crippen LogP contribution in [-0.2, 0) is 11.2 Å². The van der Waals surface area contributed by atoms with Crippen molar-refractivity contribution in [3.05, 3.63) is 69.5 Å². The van der Waals surface area contributed by atoms with E-state index in [1.54, 1.807) is 5.32 Å². The molecule has 0 radical (unpaired) electrons. The van der Waals surface area contributed by atoms with Gasteiger partial charge in [0.25, 0.3) is 5.91 Å². The molecule has 2 aromatic rings. The minimum absolute atomic E-state index is 0.104. The van der Waals surface area contributed by atoms with Crippen molar-refractivity contribution in [1.29, 1.82) is 0 Å². The van der Waals surface area contributed by atoms with Crippen LogP contribution in [0.15, 0.2) is 30.3 Å². The van der Waals surface area contributed by atoms with Crippen LogP contribution in [0.25, 0.3) is 0 Å². The second-order valence-corrected chi connectivity index (χ2v) is 9.04. The van der Waals surface area contributed by atoms with Crippen LogP contribution in [0.5, 0.6) is 0 Å². The molecule has 0 saturated heterocycles. The van der Waals surface area contributed by atoms with Crippen LogP contribution in [0.2, 0.25) is 5.02 Å². The van der Waals surface area contributed by atoms with E-state index in [4.69, 9.17) is 34.8 Å². The van der Waals surface area contributed by atoms with Crippen LogP contribution in [-0.4, -0.2) is 28.7 Å². The predicted molar refractivity (Wildman–Crippen MR) is 106 cm³/mol. The third-order valence-corrected chi connectivity index (χ3v) is 6.14. The smallest absolute Gasteiger partial charge is 0.343 e. The number of alkyl halides is 5. The van der Waals surface area contributed by atoms with Gasteiger partial charge in [0, 0.05) is 12.3 Å². The lowest BCUT2D eigenvalue weighted by Crippen LogP contribution is -2.33.